The van der Waals surface area contributed by atoms with Crippen molar-refractivity contribution in [1.82, 2.24) is 10.3 Å². The highest BCUT2D eigenvalue weighted by Crippen LogP contribution is 2.13. The van der Waals surface area contributed by atoms with Crippen LogP contribution in [0.4, 0.5) is 0 Å². The molecule has 1 atom stereocenters. The number of aromatic nitrogens is 1. The van der Waals surface area contributed by atoms with Crippen LogP contribution in [0.1, 0.15) is 25.1 Å². The number of hydrogen-bond acceptors (Lipinski definition) is 2. The predicted molar refractivity (Wildman–Crippen MR) is 47.9 cm³/mol. The van der Waals surface area contributed by atoms with Crippen molar-refractivity contribution >= 4 is 5.78 Å². The molecule has 1 heterocycles. The maximum absolute atomic E-state index is 10.9. The Morgan fingerprint density at radius 3 is 2.92 bits per heavy atom. The molecule has 0 aliphatic heterocycles. The van der Waals surface area contributed by atoms with Crippen LogP contribution in [0.15, 0.2) is 18.3 Å². The lowest BCUT2D eigenvalue weighted by Gasteiger charge is -2.12. The molecule has 0 bridgehead atoms. The number of rotatable bonds is 4. The molecule has 0 saturated heterocycles. The van der Waals surface area contributed by atoms with Gasteiger partial charge < -0.3 is 10.3 Å². The summed E-state index contributed by atoms with van der Waals surface area (Å²) in [5.74, 6) is 0.198. The molecular weight excluding hydrogens is 152 g/mol. The summed E-state index contributed by atoms with van der Waals surface area (Å²) in [7, 11) is 1.86. The molecule has 12 heavy (non-hydrogen) atoms. The number of carbonyl (C=O) groups excluding carboxylic acids is 1. The van der Waals surface area contributed by atoms with Crippen LogP contribution in [-0.2, 0) is 4.79 Å². The molecule has 1 aromatic heterocycles. The Hall–Kier alpha value is -1.09. The van der Waals surface area contributed by atoms with Gasteiger partial charge in [-0.05, 0) is 26.1 Å². The average molecular weight is 166 g/mol. The van der Waals surface area contributed by atoms with E-state index >= 15 is 0 Å². The van der Waals surface area contributed by atoms with Crippen LogP contribution >= 0.6 is 0 Å². The summed E-state index contributed by atoms with van der Waals surface area (Å²) >= 11 is 0. The molecule has 0 saturated carbocycles. The van der Waals surface area contributed by atoms with Gasteiger partial charge in [-0.15, -0.1) is 0 Å². The van der Waals surface area contributed by atoms with Crippen LogP contribution in [0.5, 0.6) is 0 Å². The van der Waals surface area contributed by atoms with E-state index in [1.807, 2.05) is 25.4 Å². The van der Waals surface area contributed by atoms with E-state index in [2.05, 4.69) is 10.3 Å². The maximum Gasteiger partial charge on any atom is 0.131 e. The van der Waals surface area contributed by atoms with Crippen molar-refractivity contribution in [2.75, 3.05) is 7.05 Å². The summed E-state index contributed by atoms with van der Waals surface area (Å²) < 4.78 is 0. The minimum Gasteiger partial charge on any atom is -0.364 e. The SMILES string of the molecule is CNC(CC(C)=O)c1ccc[nH]1. The summed E-state index contributed by atoms with van der Waals surface area (Å²) in [6.07, 6.45) is 2.40. The van der Waals surface area contributed by atoms with Gasteiger partial charge in [0.2, 0.25) is 0 Å². The molecule has 0 aliphatic carbocycles. The lowest BCUT2D eigenvalue weighted by atomic mass is 10.1. The molecule has 0 aromatic carbocycles. The van der Waals surface area contributed by atoms with E-state index in [4.69, 9.17) is 0 Å². The smallest absolute Gasteiger partial charge is 0.131 e. The highest BCUT2D eigenvalue weighted by Gasteiger charge is 2.11. The Morgan fingerprint density at radius 2 is 2.50 bits per heavy atom. The third-order valence-corrected chi connectivity index (χ3v) is 1.84. The number of ketones is 1. The van der Waals surface area contributed by atoms with Gasteiger partial charge in [-0.2, -0.15) is 0 Å². The number of H-pyrrole nitrogens is 1. The molecule has 2 N–H and O–H groups in total. The van der Waals surface area contributed by atoms with E-state index < -0.39 is 0 Å². The first-order valence-electron chi connectivity index (χ1n) is 4.04. The molecule has 0 fully saturated rings. The van der Waals surface area contributed by atoms with E-state index in [-0.39, 0.29) is 11.8 Å². The number of nitrogens with one attached hydrogen (secondary N) is 2. The first-order valence-corrected chi connectivity index (χ1v) is 4.04. The molecule has 3 heteroatoms. The molecule has 0 aliphatic rings. The van der Waals surface area contributed by atoms with Crippen molar-refractivity contribution in [1.29, 1.82) is 0 Å². The predicted octanol–water partition coefficient (Wildman–Crippen LogP) is 1.25. The Labute approximate surface area is 72.2 Å². The number of aromatic amines is 1. The van der Waals surface area contributed by atoms with Crippen LogP contribution < -0.4 is 5.32 Å². The quantitative estimate of drug-likeness (QED) is 0.707. The van der Waals surface area contributed by atoms with Crippen LogP contribution in [-0.4, -0.2) is 17.8 Å². The van der Waals surface area contributed by atoms with E-state index in [0.717, 1.165) is 5.69 Å². The van der Waals surface area contributed by atoms with Crippen LogP contribution in [0.2, 0.25) is 0 Å². The fourth-order valence-corrected chi connectivity index (χ4v) is 1.22. The van der Waals surface area contributed by atoms with Crippen molar-refractivity contribution in [2.24, 2.45) is 0 Å². The minimum atomic E-state index is 0.123. The minimum absolute atomic E-state index is 0.123. The second kappa shape index (κ2) is 4.07. The van der Waals surface area contributed by atoms with Gasteiger partial charge in [0.05, 0.1) is 6.04 Å². The van der Waals surface area contributed by atoms with Crippen molar-refractivity contribution in [3.63, 3.8) is 0 Å². The molecule has 1 unspecified atom stereocenters. The van der Waals surface area contributed by atoms with E-state index in [9.17, 15) is 4.79 Å². The second-order valence-electron chi connectivity index (χ2n) is 2.87. The van der Waals surface area contributed by atoms with Gasteiger partial charge in [-0.25, -0.2) is 0 Å². The summed E-state index contributed by atoms with van der Waals surface area (Å²) in [6, 6.07) is 4.03. The highest BCUT2D eigenvalue weighted by atomic mass is 16.1. The fourth-order valence-electron chi connectivity index (χ4n) is 1.22. The van der Waals surface area contributed by atoms with E-state index in [1.54, 1.807) is 6.92 Å². The molecule has 0 radical (unpaired) electrons. The Bertz CT molecular complexity index is 241. The molecule has 66 valence electrons. The van der Waals surface area contributed by atoms with Gasteiger partial charge in [0.15, 0.2) is 0 Å². The lowest BCUT2D eigenvalue weighted by molar-refractivity contribution is -0.117. The van der Waals surface area contributed by atoms with Gasteiger partial charge in [0.1, 0.15) is 5.78 Å². The second-order valence-corrected chi connectivity index (χ2v) is 2.87. The molecule has 1 aromatic rings. The van der Waals surface area contributed by atoms with Gasteiger partial charge >= 0.3 is 0 Å². The van der Waals surface area contributed by atoms with Gasteiger partial charge in [-0.3, -0.25) is 4.79 Å². The zero-order valence-electron chi connectivity index (χ0n) is 7.42. The Morgan fingerprint density at radius 1 is 1.75 bits per heavy atom. The van der Waals surface area contributed by atoms with Gasteiger partial charge in [0, 0.05) is 18.3 Å². The van der Waals surface area contributed by atoms with Crippen LogP contribution in [0.3, 0.4) is 0 Å². The molecule has 0 amide bonds. The molecule has 0 spiro atoms. The topological polar surface area (TPSA) is 44.9 Å². The summed E-state index contributed by atoms with van der Waals surface area (Å²) in [4.78, 5) is 13.9. The first-order chi connectivity index (χ1) is 5.74. The van der Waals surface area contributed by atoms with Crippen molar-refractivity contribution in [2.45, 2.75) is 19.4 Å². The van der Waals surface area contributed by atoms with Crippen LogP contribution in [0, 0.1) is 0 Å². The molecular formula is C9H14N2O. The fraction of sp³-hybridized carbons (Fsp3) is 0.444. The normalized spacial score (nSPS) is 12.8. The summed E-state index contributed by atoms with van der Waals surface area (Å²) in [5, 5.41) is 3.08. The zero-order chi connectivity index (χ0) is 8.97. The van der Waals surface area contributed by atoms with Crippen molar-refractivity contribution < 1.29 is 4.79 Å². The standard InChI is InChI=1S/C9H14N2O/c1-7(12)6-9(10-2)8-4-3-5-11-8/h3-5,9-11H,6H2,1-2H3. The largest absolute Gasteiger partial charge is 0.364 e. The highest BCUT2D eigenvalue weighted by molar-refractivity contribution is 5.76. The van der Waals surface area contributed by atoms with Crippen molar-refractivity contribution in [3.8, 4) is 0 Å². The average Bonchev–Trinajstić information content (AvgIpc) is 2.51. The lowest BCUT2D eigenvalue weighted by Crippen LogP contribution is -2.19. The van der Waals surface area contributed by atoms with Crippen LogP contribution in [0.25, 0.3) is 0 Å². The van der Waals surface area contributed by atoms with E-state index in [0.29, 0.717) is 6.42 Å². The summed E-state index contributed by atoms with van der Waals surface area (Å²) in [5.41, 5.74) is 1.06. The molecule has 1 rings (SSSR count). The monoisotopic (exact) mass is 166 g/mol. The van der Waals surface area contributed by atoms with Crippen molar-refractivity contribution in [3.05, 3.63) is 24.0 Å². The number of Topliss-reactive ketones (excluding diaryl/α,β-unsaturated/α-hetero) is 1. The first kappa shape index (κ1) is 9.00. The van der Waals surface area contributed by atoms with E-state index in [1.165, 1.54) is 0 Å². The van der Waals surface area contributed by atoms with Gasteiger partial charge in [0.25, 0.3) is 0 Å². The molecule has 3 nitrogen and oxygen atoms in total. The number of carbonyl (C=O) groups is 1. The zero-order valence-corrected chi connectivity index (χ0v) is 7.42. The Balaban J connectivity index is 2.63. The third-order valence-electron chi connectivity index (χ3n) is 1.84. The number of hydrogen-bond donors (Lipinski definition) is 2. The third kappa shape index (κ3) is 2.20. The maximum atomic E-state index is 10.9. The Kier molecular flexibility index (Phi) is 3.05. The van der Waals surface area contributed by atoms with Gasteiger partial charge in [-0.1, -0.05) is 0 Å². The summed E-state index contributed by atoms with van der Waals surface area (Å²) in [6.45, 7) is 1.60.